The van der Waals surface area contributed by atoms with E-state index in [0.29, 0.717) is 0 Å². The Morgan fingerprint density at radius 2 is 1.67 bits per heavy atom. The topological polar surface area (TPSA) is 74.3 Å². The first kappa shape index (κ1) is 15.4. The van der Waals surface area contributed by atoms with Crippen molar-refractivity contribution < 1.29 is 34.4 Å². The fraction of sp³-hybridized carbons (Fsp3) is 0. The van der Waals surface area contributed by atoms with Crippen LogP contribution in [0.3, 0.4) is 0 Å². The van der Waals surface area contributed by atoms with Crippen LogP contribution in [-0.2, 0) is 0 Å². The van der Waals surface area contributed by atoms with Crippen molar-refractivity contribution in [2.45, 2.75) is 0 Å². The van der Waals surface area contributed by atoms with Crippen LogP contribution >= 0.6 is 0 Å². The Morgan fingerprint density at radius 3 is 2.52 bits per heavy atom. The molecule has 5 heteroatoms. The van der Waals surface area contributed by atoms with Gasteiger partial charge in [-0.1, -0.05) is 24.3 Å². The van der Waals surface area contributed by atoms with E-state index in [2.05, 4.69) is 33.2 Å². The smallest absolute Gasteiger partial charge is 0.211 e. The number of rotatable bonds is 1. The Labute approximate surface area is 138 Å². The van der Waals surface area contributed by atoms with Crippen molar-refractivity contribution in [1.82, 2.24) is 9.97 Å². The van der Waals surface area contributed by atoms with Gasteiger partial charge in [0.05, 0.1) is 16.4 Å². The normalized spacial score (nSPS) is 10.1. The average molecular weight is 391 g/mol. The zero-order valence-corrected chi connectivity index (χ0v) is 13.3. The van der Waals surface area contributed by atoms with Crippen LogP contribution < -0.4 is 29.0 Å². The molecule has 0 aliphatic heterocycles. The second-order valence-electron chi connectivity index (χ2n) is 4.54. The lowest BCUT2D eigenvalue weighted by Crippen LogP contribution is -3.00. The van der Waals surface area contributed by atoms with E-state index in [1.165, 1.54) is 5.39 Å². The van der Waals surface area contributed by atoms with E-state index in [0.717, 1.165) is 27.9 Å². The van der Waals surface area contributed by atoms with E-state index >= 15 is 0 Å². The lowest BCUT2D eigenvalue weighted by atomic mass is 10.1. The maximum Gasteiger partial charge on any atom is 0.211 e. The van der Waals surface area contributed by atoms with Gasteiger partial charge in [0.2, 0.25) is 5.52 Å². The van der Waals surface area contributed by atoms with Gasteiger partial charge in [-0.05, 0) is 18.2 Å². The maximum absolute atomic E-state index is 4.66. The molecule has 0 atom stereocenters. The Hall–Kier alpha value is -1.99. The van der Waals surface area contributed by atoms with Gasteiger partial charge in [0.25, 0.3) is 0 Å². The summed E-state index contributed by atoms with van der Waals surface area (Å²) in [7, 11) is 0. The highest BCUT2D eigenvalue weighted by Crippen LogP contribution is 2.25. The molecule has 21 heavy (non-hydrogen) atoms. The number of halogens is 1. The molecule has 0 spiro atoms. The number of hydrogen-bond acceptors (Lipinski definition) is 1. The van der Waals surface area contributed by atoms with Gasteiger partial charge < -0.3 is 34.4 Å². The van der Waals surface area contributed by atoms with Crippen LogP contribution in [0.4, 0.5) is 0 Å². The SMILES string of the molecule is O.[I-].c1ccc2[nH]c(-c3cc[nH+]c4ccccc34)nc2c1. The Kier molecular flexibility index (Phi) is 4.54. The molecule has 0 fully saturated rings. The third kappa shape index (κ3) is 2.62. The molecule has 0 saturated heterocycles. The summed E-state index contributed by atoms with van der Waals surface area (Å²) in [6.45, 7) is 0. The van der Waals surface area contributed by atoms with Gasteiger partial charge >= 0.3 is 0 Å². The zero-order chi connectivity index (χ0) is 12.7. The molecule has 0 unspecified atom stereocenters. The molecule has 0 bridgehead atoms. The molecule has 2 aromatic carbocycles. The third-order valence-electron chi connectivity index (χ3n) is 3.35. The van der Waals surface area contributed by atoms with E-state index in [1.807, 2.05) is 42.6 Å². The number of nitrogens with one attached hydrogen (secondary N) is 2. The summed E-state index contributed by atoms with van der Waals surface area (Å²) in [5, 5.41) is 1.17. The Morgan fingerprint density at radius 1 is 0.905 bits per heavy atom. The third-order valence-corrected chi connectivity index (χ3v) is 3.35. The minimum atomic E-state index is 0. The molecular formula is C16H14IN3O. The molecule has 0 aliphatic rings. The number of para-hydroxylation sites is 3. The molecule has 2 aromatic heterocycles. The summed E-state index contributed by atoms with van der Waals surface area (Å²) in [6.07, 6.45) is 1.95. The molecule has 0 radical (unpaired) electrons. The van der Waals surface area contributed by atoms with Gasteiger partial charge in [-0.3, -0.25) is 0 Å². The standard InChI is InChI=1S/C16H11N3.HI.H2O/c1-2-6-13-11(5-1)12(9-10-17-13)16-18-14-7-3-4-8-15(14)19-16;;/h1-10H,(H,18,19);1H;1H2. The van der Waals surface area contributed by atoms with E-state index in [4.69, 9.17) is 0 Å². The number of hydrogen-bond donors (Lipinski definition) is 1. The molecule has 4 nitrogen and oxygen atoms in total. The molecule has 0 amide bonds. The van der Waals surface area contributed by atoms with E-state index in [9.17, 15) is 0 Å². The maximum atomic E-state index is 4.66. The van der Waals surface area contributed by atoms with Crippen molar-refractivity contribution in [3.05, 3.63) is 60.8 Å². The number of nitrogens with zero attached hydrogens (tertiary/aromatic N) is 1. The number of aromatic amines is 2. The highest BCUT2D eigenvalue weighted by Gasteiger charge is 2.11. The van der Waals surface area contributed by atoms with Gasteiger partial charge in [0.1, 0.15) is 5.82 Å². The minimum Gasteiger partial charge on any atom is -1.00 e. The molecule has 2 heterocycles. The highest BCUT2D eigenvalue weighted by atomic mass is 127. The van der Waals surface area contributed by atoms with E-state index < -0.39 is 0 Å². The Balaban J connectivity index is 0.000000807. The summed E-state index contributed by atoms with van der Waals surface area (Å²) in [5.74, 6) is 0.909. The first-order chi connectivity index (χ1) is 9.42. The predicted molar refractivity (Wildman–Crippen MR) is 79.2 cm³/mol. The molecule has 106 valence electrons. The fourth-order valence-electron chi connectivity index (χ4n) is 2.44. The van der Waals surface area contributed by atoms with Crippen molar-refractivity contribution in [3.8, 4) is 11.4 Å². The van der Waals surface area contributed by atoms with E-state index in [-0.39, 0.29) is 29.5 Å². The molecular weight excluding hydrogens is 377 g/mol. The van der Waals surface area contributed by atoms with Crippen LogP contribution in [0.15, 0.2) is 60.8 Å². The summed E-state index contributed by atoms with van der Waals surface area (Å²) < 4.78 is 0. The fourth-order valence-corrected chi connectivity index (χ4v) is 2.44. The van der Waals surface area contributed by atoms with Crippen molar-refractivity contribution in [2.75, 3.05) is 0 Å². The first-order valence-corrected chi connectivity index (χ1v) is 6.26. The van der Waals surface area contributed by atoms with Crippen LogP contribution in [-0.4, -0.2) is 15.4 Å². The largest absolute Gasteiger partial charge is 1.00 e. The van der Waals surface area contributed by atoms with Gasteiger partial charge in [0, 0.05) is 17.7 Å². The van der Waals surface area contributed by atoms with Crippen LogP contribution in [0.1, 0.15) is 0 Å². The number of H-pyrrole nitrogens is 2. The lowest BCUT2D eigenvalue weighted by Gasteiger charge is -1.98. The molecule has 4 N–H and O–H groups in total. The lowest BCUT2D eigenvalue weighted by molar-refractivity contribution is -0.344. The number of aromatic nitrogens is 3. The average Bonchev–Trinajstić information content (AvgIpc) is 2.90. The minimum absolute atomic E-state index is 0. The number of benzene rings is 2. The van der Waals surface area contributed by atoms with Crippen LogP contribution in [0.5, 0.6) is 0 Å². The second kappa shape index (κ2) is 6.19. The van der Waals surface area contributed by atoms with Gasteiger partial charge in [-0.2, -0.15) is 0 Å². The van der Waals surface area contributed by atoms with Crippen LogP contribution in [0.2, 0.25) is 0 Å². The second-order valence-corrected chi connectivity index (χ2v) is 4.54. The summed E-state index contributed by atoms with van der Waals surface area (Å²) in [5.41, 5.74) is 4.29. The van der Waals surface area contributed by atoms with Gasteiger partial charge in [0.15, 0.2) is 6.20 Å². The molecule has 4 aromatic rings. The monoisotopic (exact) mass is 391 g/mol. The number of fused-ring (bicyclic) bond motifs is 2. The number of imidazole rings is 1. The van der Waals surface area contributed by atoms with Crippen molar-refractivity contribution in [2.24, 2.45) is 0 Å². The van der Waals surface area contributed by atoms with Gasteiger partial charge in [-0.25, -0.2) is 9.97 Å². The van der Waals surface area contributed by atoms with Crippen molar-refractivity contribution >= 4 is 21.9 Å². The first-order valence-electron chi connectivity index (χ1n) is 6.26. The van der Waals surface area contributed by atoms with Crippen molar-refractivity contribution in [1.29, 1.82) is 0 Å². The molecule has 0 saturated carbocycles. The van der Waals surface area contributed by atoms with Gasteiger partial charge in [-0.15, -0.1) is 0 Å². The van der Waals surface area contributed by atoms with Crippen molar-refractivity contribution in [3.63, 3.8) is 0 Å². The van der Waals surface area contributed by atoms with E-state index in [1.54, 1.807) is 0 Å². The molecule has 4 rings (SSSR count). The zero-order valence-electron chi connectivity index (χ0n) is 11.1. The quantitative estimate of drug-likeness (QED) is 0.432. The summed E-state index contributed by atoms with van der Waals surface area (Å²) in [4.78, 5) is 11.3. The predicted octanol–water partition coefficient (Wildman–Crippen LogP) is -0.623. The Bertz CT molecular complexity index is 850. The highest BCUT2D eigenvalue weighted by molar-refractivity contribution is 5.92. The number of pyridine rings is 1. The van der Waals surface area contributed by atoms with Crippen LogP contribution in [0.25, 0.3) is 33.3 Å². The summed E-state index contributed by atoms with van der Waals surface area (Å²) >= 11 is 0. The summed E-state index contributed by atoms with van der Waals surface area (Å²) in [6, 6.07) is 18.4. The van der Waals surface area contributed by atoms with Crippen LogP contribution in [0, 0.1) is 0 Å². The molecule has 0 aliphatic carbocycles.